The molecule has 0 saturated carbocycles. The molecule has 1 aromatic carbocycles. The van der Waals surface area contributed by atoms with E-state index in [-0.39, 0.29) is 12.3 Å². The number of carbonyl (C=O) groups is 1. The summed E-state index contributed by atoms with van der Waals surface area (Å²) in [6, 6.07) is 11.7. The van der Waals surface area contributed by atoms with E-state index in [9.17, 15) is 4.79 Å². The summed E-state index contributed by atoms with van der Waals surface area (Å²) < 4.78 is 6.22. The van der Waals surface area contributed by atoms with Gasteiger partial charge in [0.1, 0.15) is 0 Å². The summed E-state index contributed by atoms with van der Waals surface area (Å²) in [4.78, 5) is 21.9. The summed E-state index contributed by atoms with van der Waals surface area (Å²) in [7, 11) is 0. The summed E-state index contributed by atoms with van der Waals surface area (Å²) in [5.41, 5.74) is 1.84. The number of nitrogens with one attached hydrogen (secondary N) is 1. The van der Waals surface area contributed by atoms with Crippen molar-refractivity contribution >= 4 is 49.6 Å². The van der Waals surface area contributed by atoms with Gasteiger partial charge < -0.3 is 9.84 Å². The molecular weight excluding hydrogens is 448 g/mol. The Balaban J connectivity index is 1.33. The Hall–Kier alpha value is -2.36. The number of nitrogens with zero attached hydrogens (tertiary/aromatic N) is 3. The maximum atomic E-state index is 12.2. The molecule has 27 heavy (non-hydrogen) atoms. The van der Waals surface area contributed by atoms with Gasteiger partial charge in [0.25, 0.3) is 0 Å². The smallest absolute Gasteiger partial charge is 0.227 e. The van der Waals surface area contributed by atoms with Crippen molar-refractivity contribution < 1.29 is 9.32 Å². The van der Waals surface area contributed by atoms with E-state index in [1.165, 1.54) is 11.3 Å². The van der Waals surface area contributed by atoms with Gasteiger partial charge in [-0.05, 0) is 23.6 Å². The lowest BCUT2D eigenvalue weighted by molar-refractivity contribution is -0.116. The van der Waals surface area contributed by atoms with Crippen LogP contribution in [0.5, 0.6) is 0 Å². The highest BCUT2D eigenvalue weighted by molar-refractivity contribution is 9.10. The summed E-state index contributed by atoms with van der Waals surface area (Å²) in [6.07, 6.45) is 0.633. The molecule has 0 unspecified atom stereocenters. The van der Waals surface area contributed by atoms with E-state index in [2.05, 4.69) is 36.4 Å². The molecule has 0 aliphatic heterocycles. The molecule has 0 atom stereocenters. The van der Waals surface area contributed by atoms with Crippen LogP contribution in [0.2, 0.25) is 0 Å². The van der Waals surface area contributed by atoms with E-state index in [0.29, 0.717) is 23.3 Å². The van der Waals surface area contributed by atoms with Gasteiger partial charge in [-0.2, -0.15) is 4.98 Å². The van der Waals surface area contributed by atoms with E-state index < -0.39 is 0 Å². The van der Waals surface area contributed by atoms with Crippen LogP contribution in [0.1, 0.15) is 12.3 Å². The average Bonchev–Trinajstić information content (AvgIpc) is 3.42. The topological polar surface area (TPSA) is 80.9 Å². The molecule has 0 radical (unpaired) electrons. The number of thiophene rings is 1. The average molecular weight is 461 g/mol. The SMILES string of the molecule is O=C(CCc1nc(-c2cccs2)no1)Nc1nc(-c2ccc(Br)cc2)cs1. The fraction of sp³-hybridized carbons (Fsp3) is 0.111. The number of hydrogen-bond donors (Lipinski definition) is 1. The van der Waals surface area contributed by atoms with Crippen molar-refractivity contribution in [3.63, 3.8) is 0 Å². The number of anilines is 1. The maximum Gasteiger partial charge on any atom is 0.227 e. The first kappa shape index (κ1) is 18.0. The normalized spacial score (nSPS) is 10.9. The second-order valence-electron chi connectivity index (χ2n) is 5.58. The lowest BCUT2D eigenvalue weighted by Gasteiger charge is -1.99. The first-order chi connectivity index (χ1) is 13.2. The van der Waals surface area contributed by atoms with Gasteiger partial charge in [0, 0.05) is 28.3 Å². The fourth-order valence-corrected chi connectivity index (χ4v) is 4.00. The number of aromatic nitrogens is 3. The predicted molar refractivity (Wildman–Crippen MR) is 110 cm³/mol. The molecule has 136 valence electrons. The molecule has 9 heteroatoms. The molecule has 4 aromatic rings. The van der Waals surface area contributed by atoms with E-state index >= 15 is 0 Å². The Bertz CT molecular complexity index is 1040. The van der Waals surface area contributed by atoms with Gasteiger partial charge in [-0.3, -0.25) is 4.79 Å². The van der Waals surface area contributed by atoms with E-state index in [4.69, 9.17) is 4.52 Å². The minimum atomic E-state index is -0.137. The van der Waals surface area contributed by atoms with Crippen LogP contribution in [-0.4, -0.2) is 21.0 Å². The van der Waals surface area contributed by atoms with Gasteiger partial charge in [0.2, 0.25) is 17.6 Å². The summed E-state index contributed by atoms with van der Waals surface area (Å²) in [5, 5.41) is 11.2. The number of benzene rings is 1. The van der Waals surface area contributed by atoms with Gasteiger partial charge in [-0.15, -0.1) is 22.7 Å². The Morgan fingerprint density at radius 2 is 2.00 bits per heavy atom. The number of carbonyl (C=O) groups excluding carboxylic acids is 1. The van der Waals surface area contributed by atoms with E-state index in [1.807, 2.05) is 47.2 Å². The second kappa shape index (κ2) is 8.12. The minimum absolute atomic E-state index is 0.137. The number of thiazole rings is 1. The third kappa shape index (κ3) is 4.49. The number of rotatable bonds is 6. The van der Waals surface area contributed by atoms with Crippen molar-refractivity contribution in [2.75, 3.05) is 5.32 Å². The number of aryl methyl sites for hydroxylation is 1. The van der Waals surface area contributed by atoms with Crippen LogP contribution in [0.15, 0.2) is 56.2 Å². The standard InChI is InChI=1S/C18H13BrN4O2S2/c19-12-5-3-11(4-6-12)13-10-27-18(20-13)21-15(24)7-8-16-22-17(23-25-16)14-2-1-9-26-14/h1-6,9-10H,7-8H2,(H,20,21,24). The summed E-state index contributed by atoms with van der Waals surface area (Å²) in [6.45, 7) is 0. The predicted octanol–water partition coefficient (Wildman–Crippen LogP) is 5.26. The van der Waals surface area contributed by atoms with Crippen LogP contribution in [-0.2, 0) is 11.2 Å². The first-order valence-electron chi connectivity index (χ1n) is 8.05. The molecule has 6 nitrogen and oxygen atoms in total. The molecule has 1 N–H and O–H groups in total. The Morgan fingerprint density at radius 1 is 1.15 bits per heavy atom. The third-order valence-electron chi connectivity index (χ3n) is 3.67. The lowest BCUT2D eigenvalue weighted by Crippen LogP contribution is -2.12. The zero-order valence-corrected chi connectivity index (χ0v) is 17.1. The molecule has 0 saturated heterocycles. The zero-order valence-electron chi connectivity index (χ0n) is 13.9. The van der Waals surface area contributed by atoms with Crippen molar-refractivity contribution in [2.24, 2.45) is 0 Å². The Labute approximate surface area is 171 Å². The van der Waals surface area contributed by atoms with Crippen LogP contribution in [0.4, 0.5) is 5.13 Å². The summed E-state index contributed by atoms with van der Waals surface area (Å²) in [5.74, 6) is 0.866. The molecular formula is C18H13BrN4O2S2. The molecule has 0 aliphatic rings. The third-order valence-corrected chi connectivity index (χ3v) is 5.82. The summed E-state index contributed by atoms with van der Waals surface area (Å²) >= 11 is 6.35. The van der Waals surface area contributed by atoms with Gasteiger partial charge in [0.15, 0.2) is 5.13 Å². The molecule has 0 bridgehead atoms. The quantitative estimate of drug-likeness (QED) is 0.424. The Kier molecular flexibility index (Phi) is 5.42. The van der Waals surface area contributed by atoms with Crippen molar-refractivity contribution in [2.45, 2.75) is 12.8 Å². The second-order valence-corrected chi connectivity index (χ2v) is 8.30. The van der Waals surface area contributed by atoms with Crippen LogP contribution >= 0.6 is 38.6 Å². The minimum Gasteiger partial charge on any atom is -0.339 e. The maximum absolute atomic E-state index is 12.2. The van der Waals surface area contributed by atoms with Gasteiger partial charge in [0.05, 0.1) is 10.6 Å². The highest BCUT2D eigenvalue weighted by Gasteiger charge is 2.13. The molecule has 3 heterocycles. The Morgan fingerprint density at radius 3 is 2.78 bits per heavy atom. The number of halogens is 1. The molecule has 3 aromatic heterocycles. The largest absolute Gasteiger partial charge is 0.339 e. The highest BCUT2D eigenvalue weighted by atomic mass is 79.9. The molecule has 1 amide bonds. The van der Waals surface area contributed by atoms with Crippen LogP contribution in [0.25, 0.3) is 22.0 Å². The van der Waals surface area contributed by atoms with Crippen molar-refractivity contribution in [3.8, 4) is 22.0 Å². The van der Waals surface area contributed by atoms with Crippen molar-refractivity contribution in [3.05, 3.63) is 57.5 Å². The van der Waals surface area contributed by atoms with E-state index in [0.717, 1.165) is 20.6 Å². The number of amides is 1. The molecule has 4 rings (SSSR count). The monoisotopic (exact) mass is 460 g/mol. The zero-order chi connectivity index (χ0) is 18.6. The highest BCUT2D eigenvalue weighted by Crippen LogP contribution is 2.26. The number of hydrogen-bond acceptors (Lipinski definition) is 7. The lowest BCUT2D eigenvalue weighted by atomic mass is 10.2. The van der Waals surface area contributed by atoms with Crippen LogP contribution < -0.4 is 5.32 Å². The first-order valence-corrected chi connectivity index (χ1v) is 10.6. The van der Waals surface area contributed by atoms with Gasteiger partial charge >= 0.3 is 0 Å². The van der Waals surface area contributed by atoms with Crippen molar-refractivity contribution in [1.82, 2.24) is 15.1 Å². The van der Waals surface area contributed by atoms with Crippen molar-refractivity contribution in [1.29, 1.82) is 0 Å². The van der Waals surface area contributed by atoms with E-state index in [1.54, 1.807) is 11.3 Å². The van der Waals surface area contributed by atoms with Crippen LogP contribution in [0.3, 0.4) is 0 Å². The van der Waals surface area contributed by atoms with Crippen LogP contribution in [0, 0.1) is 0 Å². The molecule has 0 fully saturated rings. The van der Waals surface area contributed by atoms with Gasteiger partial charge in [-0.25, -0.2) is 4.98 Å². The fourth-order valence-electron chi connectivity index (χ4n) is 2.35. The molecule has 0 aliphatic carbocycles. The van der Waals surface area contributed by atoms with Gasteiger partial charge in [-0.1, -0.05) is 39.3 Å². The molecule has 0 spiro atoms.